The van der Waals surface area contributed by atoms with Crippen LogP contribution in [-0.2, 0) is 0 Å². The Morgan fingerprint density at radius 3 is 2.77 bits per heavy atom. The zero-order valence-corrected chi connectivity index (χ0v) is 8.78. The standard InChI is InChI=1S/C9H10BrNO2/c1-2-6(5-11)9(12)7-3-4-8(10)13-7/h3-4,6,9,12H,2H2,1H3. The number of hydrogen-bond donors (Lipinski definition) is 1. The van der Waals surface area contributed by atoms with Crippen LogP contribution in [0.15, 0.2) is 21.2 Å². The molecule has 2 atom stereocenters. The van der Waals surface area contributed by atoms with Crippen LogP contribution in [0.2, 0.25) is 0 Å². The molecule has 3 nitrogen and oxygen atoms in total. The summed E-state index contributed by atoms with van der Waals surface area (Å²) in [6.07, 6.45) is -0.225. The van der Waals surface area contributed by atoms with Gasteiger partial charge >= 0.3 is 0 Å². The third kappa shape index (κ3) is 2.33. The van der Waals surface area contributed by atoms with Crippen LogP contribution < -0.4 is 0 Å². The van der Waals surface area contributed by atoms with E-state index in [-0.39, 0.29) is 0 Å². The molecule has 4 heteroatoms. The number of aliphatic hydroxyl groups is 1. The zero-order valence-electron chi connectivity index (χ0n) is 7.20. The third-order valence-corrected chi connectivity index (χ3v) is 2.30. The van der Waals surface area contributed by atoms with E-state index in [0.717, 1.165) is 0 Å². The molecule has 0 bridgehead atoms. The summed E-state index contributed by atoms with van der Waals surface area (Å²) in [5, 5.41) is 18.4. The monoisotopic (exact) mass is 243 g/mol. The first kappa shape index (κ1) is 10.3. The van der Waals surface area contributed by atoms with Crippen LogP contribution in [0.25, 0.3) is 0 Å². The molecule has 0 aliphatic rings. The molecular weight excluding hydrogens is 234 g/mol. The highest BCUT2D eigenvalue weighted by atomic mass is 79.9. The van der Waals surface area contributed by atoms with E-state index in [1.165, 1.54) is 0 Å². The fraction of sp³-hybridized carbons (Fsp3) is 0.444. The van der Waals surface area contributed by atoms with Crippen molar-refractivity contribution >= 4 is 15.9 Å². The number of hydrogen-bond acceptors (Lipinski definition) is 3. The van der Waals surface area contributed by atoms with Crippen LogP contribution >= 0.6 is 15.9 Å². The van der Waals surface area contributed by atoms with Gasteiger partial charge in [-0.05, 0) is 34.5 Å². The molecular formula is C9H10BrNO2. The first-order valence-corrected chi connectivity index (χ1v) is 4.81. The summed E-state index contributed by atoms with van der Waals surface area (Å²) in [6, 6.07) is 5.39. The molecule has 1 heterocycles. The van der Waals surface area contributed by atoms with Gasteiger partial charge < -0.3 is 9.52 Å². The quantitative estimate of drug-likeness (QED) is 0.888. The molecule has 0 amide bonds. The first-order chi connectivity index (χ1) is 6.19. The predicted octanol–water partition coefficient (Wildman–Crippen LogP) is 2.63. The molecule has 0 fully saturated rings. The van der Waals surface area contributed by atoms with E-state index >= 15 is 0 Å². The van der Waals surface area contributed by atoms with Crippen molar-refractivity contribution in [3.8, 4) is 6.07 Å². The maximum atomic E-state index is 9.66. The molecule has 1 N–H and O–H groups in total. The molecule has 70 valence electrons. The third-order valence-electron chi connectivity index (χ3n) is 1.87. The lowest BCUT2D eigenvalue weighted by Crippen LogP contribution is -2.08. The van der Waals surface area contributed by atoms with Gasteiger partial charge in [-0.2, -0.15) is 5.26 Å². The van der Waals surface area contributed by atoms with Crippen LogP contribution in [0, 0.1) is 17.2 Å². The molecule has 0 saturated heterocycles. The Labute approximate surface area is 85.1 Å². The zero-order chi connectivity index (χ0) is 9.84. The van der Waals surface area contributed by atoms with Crippen molar-refractivity contribution in [3.05, 3.63) is 22.6 Å². The Morgan fingerprint density at radius 1 is 1.69 bits per heavy atom. The topological polar surface area (TPSA) is 57.2 Å². The minimum Gasteiger partial charge on any atom is -0.452 e. The lowest BCUT2D eigenvalue weighted by Gasteiger charge is -2.11. The second kappa shape index (κ2) is 4.45. The van der Waals surface area contributed by atoms with Gasteiger partial charge in [0.15, 0.2) is 4.67 Å². The highest BCUT2D eigenvalue weighted by Crippen LogP contribution is 2.27. The van der Waals surface area contributed by atoms with Gasteiger partial charge in [0, 0.05) is 0 Å². The molecule has 0 aliphatic heterocycles. The number of halogens is 1. The molecule has 0 aliphatic carbocycles. The van der Waals surface area contributed by atoms with Crippen molar-refractivity contribution < 1.29 is 9.52 Å². The molecule has 1 aromatic rings. The van der Waals surface area contributed by atoms with Crippen molar-refractivity contribution in [3.63, 3.8) is 0 Å². The molecule has 0 aromatic carbocycles. The van der Waals surface area contributed by atoms with Gasteiger partial charge in [0.1, 0.15) is 11.9 Å². The Hall–Kier alpha value is -0.790. The van der Waals surface area contributed by atoms with E-state index in [9.17, 15) is 5.11 Å². The second-order valence-corrected chi connectivity index (χ2v) is 3.51. The maximum Gasteiger partial charge on any atom is 0.169 e. The Bertz CT molecular complexity index is 316. The smallest absolute Gasteiger partial charge is 0.169 e. The summed E-state index contributed by atoms with van der Waals surface area (Å²) in [7, 11) is 0. The molecule has 0 spiro atoms. The van der Waals surface area contributed by atoms with E-state index in [1.54, 1.807) is 12.1 Å². The van der Waals surface area contributed by atoms with Crippen LogP contribution in [-0.4, -0.2) is 5.11 Å². The Balaban J connectivity index is 2.78. The summed E-state index contributed by atoms with van der Waals surface area (Å²) in [4.78, 5) is 0. The number of nitriles is 1. The summed E-state index contributed by atoms with van der Waals surface area (Å²) in [6.45, 7) is 1.86. The Morgan fingerprint density at radius 2 is 2.38 bits per heavy atom. The van der Waals surface area contributed by atoms with Crippen molar-refractivity contribution in [1.82, 2.24) is 0 Å². The molecule has 13 heavy (non-hydrogen) atoms. The number of furan rings is 1. The van der Waals surface area contributed by atoms with E-state index in [4.69, 9.17) is 9.68 Å². The molecule has 0 radical (unpaired) electrons. The molecule has 1 aromatic heterocycles. The van der Waals surface area contributed by atoms with Gasteiger partial charge in [-0.1, -0.05) is 6.92 Å². The van der Waals surface area contributed by atoms with E-state index in [2.05, 4.69) is 15.9 Å². The summed E-state index contributed by atoms with van der Waals surface area (Å²) < 4.78 is 5.71. The molecule has 2 unspecified atom stereocenters. The Kier molecular flexibility index (Phi) is 3.52. The lowest BCUT2D eigenvalue weighted by atomic mass is 10.00. The van der Waals surface area contributed by atoms with Crippen LogP contribution in [0.3, 0.4) is 0 Å². The highest BCUT2D eigenvalue weighted by molar-refractivity contribution is 9.10. The van der Waals surface area contributed by atoms with Gasteiger partial charge in [-0.25, -0.2) is 0 Å². The van der Waals surface area contributed by atoms with Crippen molar-refractivity contribution in [1.29, 1.82) is 5.26 Å². The summed E-state index contributed by atoms with van der Waals surface area (Å²) in [5.74, 6) is 0.0262. The number of rotatable bonds is 3. The number of aliphatic hydroxyl groups excluding tert-OH is 1. The van der Waals surface area contributed by atoms with Gasteiger partial charge in [-0.15, -0.1) is 0 Å². The average molecular weight is 244 g/mol. The highest BCUT2D eigenvalue weighted by Gasteiger charge is 2.21. The maximum absolute atomic E-state index is 9.66. The van der Waals surface area contributed by atoms with Crippen molar-refractivity contribution in [2.45, 2.75) is 19.4 Å². The SMILES string of the molecule is CCC(C#N)C(O)c1ccc(Br)o1. The fourth-order valence-electron chi connectivity index (χ4n) is 1.07. The fourth-order valence-corrected chi connectivity index (χ4v) is 1.39. The second-order valence-electron chi connectivity index (χ2n) is 2.73. The lowest BCUT2D eigenvalue weighted by molar-refractivity contribution is 0.107. The van der Waals surface area contributed by atoms with Gasteiger partial charge in [0.2, 0.25) is 0 Å². The average Bonchev–Trinajstić information content (AvgIpc) is 2.54. The van der Waals surface area contributed by atoms with Gasteiger partial charge in [0.25, 0.3) is 0 Å². The van der Waals surface area contributed by atoms with Crippen LogP contribution in [0.1, 0.15) is 25.2 Å². The predicted molar refractivity (Wildman–Crippen MR) is 50.8 cm³/mol. The first-order valence-electron chi connectivity index (χ1n) is 4.02. The minimum atomic E-state index is -0.832. The minimum absolute atomic E-state index is 0.405. The van der Waals surface area contributed by atoms with E-state index in [0.29, 0.717) is 16.9 Å². The van der Waals surface area contributed by atoms with E-state index in [1.807, 2.05) is 13.0 Å². The van der Waals surface area contributed by atoms with Crippen LogP contribution in [0.4, 0.5) is 0 Å². The van der Waals surface area contributed by atoms with Crippen LogP contribution in [0.5, 0.6) is 0 Å². The molecule has 0 saturated carbocycles. The van der Waals surface area contributed by atoms with E-state index < -0.39 is 12.0 Å². The summed E-state index contributed by atoms with van der Waals surface area (Å²) in [5.41, 5.74) is 0. The number of nitrogens with zero attached hydrogens (tertiary/aromatic N) is 1. The van der Waals surface area contributed by atoms with Crippen molar-refractivity contribution in [2.75, 3.05) is 0 Å². The normalized spacial score (nSPS) is 14.9. The van der Waals surface area contributed by atoms with Gasteiger partial charge in [0.05, 0.1) is 12.0 Å². The largest absolute Gasteiger partial charge is 0.452 e. The van der Waals surface area contributed by atoms with Crippen molar-refractivity contribution in [2.24, 2.45) is 5.92 Å². The van der Waals surface area contributed by atoms with Gasteiger partial charge in [-0.3, -0.25) is 0 Å². The summed E-state index contributed by atoms with van der Waals surface area (Å²) >= 11 is 3.13. The molecule has 1 rings (SSSR count).